The van der Waals surface area contributed by atoms with Gasteiger partial charge in [-0.1, -0.05) is 15.9 Å². The lowest BCUT2D eigenvalue weighted by Crippen LogP contribution is -2.12. The van der Waals surface area contributed by atoms with E-state index in [1.807, 2.05) is 0 Å². The van der Waals surface area contributed by atoms with Crippen LogP contribution in [0, 0.1) is 21.4 Å². The number of nitro benzene ring substituents is 1. The van der Waals surface area contributed by atoms with Crippen LogP contribution in [0.1, 0.15) is 16.7 Å². The molecule has 0 heterocycles. The van der Waals surface area contributed by atoms with Crippen molar-refractivity contribution in [1.82, 2.24) is 0 Å². The van der Waals surface area contributed by atoms with Gasteiger partial charge in [0, 0.05) is 17.5 Å². The number of hydrogen-bond donors (Lipinski definition) is 0. The molecule has 0 spiro atoms. The van der Waals surface area contributed by atoms with Crippen molar-refractivity contribution in [2.75, 3.05) is 0 Å². The third kappa shape index (κ3) is 2.74. The molecule has 0 atom stereocenters. The van der Waals surface area contributed by atoms with Crippen molar-refractivity contribution in [3.05, 3.63) is 38.9 Å². The molecule has 0 unspecified atom stereocenters. The molecule has 4 nitrogen and oxygen atoms in total. The molecule has 0 aliphatic heterocycles. The van der Waals surface area contributed by atoms with Crippen LogP contribution in [-0.4, -0.2) is 4.92 Å². The Kier molecular flexibility index (Phi) is 3.72. The van der Waals surface area contributed by atoms with Gasteiger partial charge in [-0.05, 0) is 5.56 Å². The first kappa shape index (κ1) is 13.4. The summed E-state index contributed by atoms with van der Waals surface area (Å²) < 4.78 is 38.0. The number of nitro groups is 1. The van der Waals surface area contributed by atoms with Crippen molar-refractivity contribution in [2.24, 2.45) is 0 Å². The Balaban J connectivity index is 3.61. The molecule has 0 amide bonds. The minimum Gasteiger partial charge on any atom is -0.258 e. The van der Waals surface area contributed by atoms with E-state index in [1.165, 1.54) is 6.07 Å². The maximum absolute atomic E-state index is 12.7. The third-order valence-corrected chi connectivity index (χ3v) is 2.57. The van der Waals surface area contributed by atoms with Gasteiger partial charge >= 0.3 is 6.18 Å². The summed E-state index contributed by atoms with van der Waals surface area (Å²) in [7, 11) is 0. The van der Waals surface area contributed by atoms with Crippen LogP contribution in [0.2, 0.25) is 0 Å². The fourth-order valence-corrected chi connectivity index (χ4v) is 1.76. The highest BCUT2D eigenvalue weighted by Gasteiger charge is 2.37. The Morgan fingerprint density at radius 1 is 1.47 bits per heavy atom. The molecule has 0 N–H and O–H groups in total. The molecule has 1 rings (SSSR count). The van der Waals surface area contributed by atoms with Gasteiger partial charge in [-0.2, -0.15) is 18.4 Å². The van der Waals surface area contributed by atoms with Gasteiger partial charge in [0.15, 0.2) is 0 Å². The van der Waals surface area contributed by atoms with Gasteiger partial charge in [0.1, 0.15) is 6.07 Å². The first-order valence-corrected chi connectivity index (χ1v) is 5.28. The summed E-state index contributed by atoms with van der Waals surface area (Å²) in [6.07, 6.45) is -4.72. The molecule has 0 aliphatic rings. The van der Waals surface area contributed by atoms with Crippen LogP contribution in [0.25, 0.3) is 0 Å². The monoisotopic (exact) mass is 308 g/mol. The highest BCUT2D eigenvalue weighted by molar-refractivity contribution is 9.08. The first-order chi connectivity index (χ1) is 7.81. The van der Waals surface area contributed by atoms with E-state index in [0.717, 1.165) is 6.07 Å². The molecule has 1 aromatic carbocycles. The highest BCUT2D eigenvalue weighted by Crippen LogP contribution is 2.37. The number of hydrogen-bond acceptors (Lipinski definition) is 3. The number of rotatable bonds is 2. The van der Waals surface area contributed by atoms with Crippen molar-refractivity contribution in [3.63, 3.8) is 0 Å². The highest BCUT2D eigenvalue weighted by atomic mass is 79.9. The molecule has 0 bridgehead atoms. The number of benzene rings is 1. The first-order valence-electron chi connectivity index (χ1n) is 4.15. The molecule has 0 radical (unpaired) electrons. The molecular formula is C9H4BrF3N2O2. The average Bonchev–Trinajstić information content (AvgIpc) is 2.25. The van der Waals surface area contributed by atoms with Crippen LogP contribution < -0.4 is 0 Å². The lowest BCUT2D eigenvalue weighted by atomic mass is 10.0. The molecule has 8 heteroatoms. The molecule has 0 aromatic heterocycles. The molecule has 1 aromatic rings. The minimum atomic E-state index is -4.72. The number of nitriles is 1. The molecule has 90 valence electrons. The van der Waals surface area contributed by atoms with Gasteiger partial charge in [-0.3, -0.25) is 10.1 Å². The topological polar surface area (TPSA) is 66.9 Å². The van der Waals surface area contributed by atoms with Crippen molar-refractivity contribution >= 4 is 21.6 Å². The van der Waals surface area contributed by atoms with Crippen LogP contribution in [0.15, 0.2) is 12.1 Å². The van der Waals surface area contributed by atoms with E-state index in [4.69, 9.17) is 5.26 Å². The number of nitrogens with zero attached hydrogens (tertiary/aromatic N) is 2. The van der Waals surface area contributed by atoms with E-state index in [0.29, 0.717) is 6.07 Å². The van der Waals surface area contributed by atoms with Gasteiger partial charge in [-0.25, -0.2) is 0 Å². The van der Waals surface area contributed by atoms with Crippen LogP contribution in [-0.2, 0) is 11.5 Å². The summed E-state index contributed by atoms with van der Waals surface area (Å²) in [4.78, 5) is 9.66. The fourth-order valence-electron chi connectivity index (χ4n) is 1.32. The summed E-state index contributed by atoms with van der Waals surface area (Å²) in [6.45, 7) is 0. The molecule has 0 aliphatic carbocycles. The second-order valence-electron chi connectivity index (χ2n) is 3.03. The fraction of sp³-hybridized carbons (Fsp3) is 0.222. The SMILES string of the molecule is N#Cc1cc([N+](=O)[O-])cc(CBr)c1C(F)(F)F. The van der Waals surface area contributed by atoms with E-state index >= 15 is 0 Å². The van der Waals surface area contributed by atoms with Gasteiger partial charge in [-0.15, -0.1) is 0 Å². The largest absolute Gasteiger partial charge is 0.417 e. The Morgan fingerprint density at radius 3 is 2.41 bits per heavy atom. The third-order valence-electron chi connectivity index (χ3n) is 1.96. The number of halogens is 4. The summed E-state index contributed by atoms with van der Waals surface area (Å²) in [5, 5.41) is 18.9. The Morgan fingerprint density at radius 2 is 2.06 bits per heavy atom. The number of non-ortho nitro benzene ring substituents is 1. The minimum absolute atomic E-state index is 0.224. The zero-order valence-electron chi connectivity index (χ0n) is 8.08. The predicted molar refractivity (Wildman–Crippen MR) is 55.4 cm³/mol. The molecule has 0 saturated heterocycles. The van der Waals surface area contributed by atoms with E-state index in [9.17, 15) is 23.3 Å². The van der Waals surface area contributed by atoms with Gasteiger partial charge in [0.05, 0.1) is 16.1 Å². The van der Waals surface area contributed by atoms with E-state index < -0.39 is 27.9 Å². The van der Waals surface area contributed by atoms with Crippen LogP contribution >= 0.6 is 15.9 Å². The quantitative estimate of drug-likeness (QED) is 0.478. The lowest BCUT2D eigenvalue weighted by molar-refractivity contribution is -0.385. The Labute approximate surface area is 102 Å². The summed E-state index contributed by atoms with van der Waals surface area (Å²) in [5.41, 5.74) is -2.75. The maximum Gasteiger partial charge on any atom is 0.417 e. The molecule has 17 heavy (non-hydrogen) atoms. The van der Waals surface area contributed by atoms with E-state index in [-0.39, 0.29) is 10.9 Å². The molecule has 0 saturated carbocycles. The normalized spacial score (nSPS) is 11.0. The average molecular weight is 309 g/mol. The number of alkyl halides is 4. The van der Waals surface area contributed by atoms with Gasteiger partial charge in [0.2, 0.25) is 0 Å². The van der Waals surface area contributed by atoms with Gasteiger partial charge < -0.3 is 0 Å². The zero-order valence-corrected chi connectivity index (χ0v) is 9.67. The van der Waals surface area contributed by atoms with Crippen LogP contribution in [0.5, 0.6) is 0 Å². The van der Waals surface area contributed by atoms with Gasteiger partial charge in [0.25, 0.3) is 5.69 Å². The molecule has 0 fully saturated rings. The standard InChI is InChI=1S/C9H4BrF3N2O2/c10-3-5-1-7(15(16)17)2-6(4-14)8(5)9(11,12)13/h1-2H,3H2. The predicted octanol–water partition coefficient (Wildman–Crippen LogP) is 3.38. The second-order valence-corrected chi connectivity index (χ2v) is 3.59. The summed E-state index contributed by atoms with van der Waals surface area (Å²) >= 11 is 2.82. The summed E-state index contributed by atoms with van der Waals surface area (Å²) in [5.74, 6) is 0. The smallest absolute Gasteiger partial charge is 0.258 e. The van der Waals surface area contributed by atoms with Crippen molar-refractivity contribution < 1.29 is 18.1 Å². The van der Waals surface area contributed by atoms with E-state index in [2.05, 4.69) is 15.9 Å². The van der Waals surface area contributed by atoms with Crippen molar-refractivity contribution in [3.8, 4) is 6.07 Å². The maximum atomic E-state index is 12.7. The second kappa shape index (κ2) is 4.71. The Hall–Kier alpha value is -1.62. The summed E-state index contributed by atoms with van der Waals surface area (Å²) in [6, 6.07) is 2.75. The zero-order chi connectivity index (χ0) is 13.2. The Bertz CT molecular complexity index is 508. The van der Waals surface area contributed by atoms with Crippen LogP contribution in [0.3, 0.4) is 0 Å². The molecular weight excluding hydrogens is 305 g/mol. The van der Waals surface area contributed by atoms with Crippen molar-refractivity contribution in [1.29, 1.82) is 5.26 Å². The van der Waals surface area contributed by atoms with Crippen molar-refractivity contribution in [2.45, 2.75) is 11.5 Å². The van der Waals surface area contributed by atoms with Crippen LogP contribution in [0.4, 0.5) is 18.9 Å². The lowest BCUT2D eigenvalue weighted by Gasteiger charge is -2.12. The van der Waals surface area contributed by atoms with E-state index in [1.54, 1.807) is 0 Å².